The van der Waals surface area contributed by atoms with Gasteiger partial charge in [0.2, 0.25) is 0 Å². The van der Waals surface area contributed by atoms with E-state index in [1.165, 1.54) is 118 Å². The van der Waals surface area contributed by atoms with Crippen molar-refractivity contribution in [1.82, 2.24) is 0 Å². The van der Waals surface area contributed by atoms with Crippen molar-refractivity contribution < 1.29 is 0 Å². The molecule has 0 radical (unpaired) electrons. The molecule has 10 aromatic carbocycles. The van der Waals surface area contributed by atoms with Crippen molar-refractivity contribution >= 4 is 47.3 Å². The number of hydrogen-bond donors (Lipinski definition) is 0. The molecule has 0 N–H and O–H groups in total. The molecule has 0 bridgehead atoms. The van der Waals surface area contributed by atoms with E-state index in [4.69, 9.17) is 0 Å². The zero-order valence-electron chi connectivity index (χ0n) is 46.3. The predicted molar refractivity (Wildman–Crippen MR) is 337 cm³/mol. The molecule has 0 aromatic heterocycles. The Balaban J connectivity index is 0.892. The summed E-state index contributed by atoms with van der Waals surface area (Å²) >= 11 is 0. The van der Waals surface area contributed by atoms with Gasteiger partial charge >= 0.3 is 0 Å². The zero-order valence-corrected chi connectivity index (χ0v) is 48.3. The highest BCUT2D eigenvalue weighted by molar-refractivity contribution is 7.15. The van der Waals surface area contributed by atoms with Crippen molar-refractivity contribution in [3.63, 3.8) is 0 Å². The van der Waals surface area contributed by atoms with Crippen LogP contribution in [0.2, 0.25) is 10.1 Å². The Labute approximate surface area is 470 Å². The lowest BCUT2D eigenvalue weighted by Crippen LogP contribution is -2.72. The Hall–Kier alpha value is -7.37. The fraction of sp³-hybridized carbons (Fsp3) is 0.221. The van der Waals surface area contributed by atoms with Crippen molar-refractivity contribution in [1.29, 1.82) is 0 Å². The van der Waals surface area contributed by atoms with Crippen LogP contribution < -0.4 is 31.1 Å². The van der Waals surface area contributed by atoms with Gasteiger partial charge in [-0.15, -0.1) is 0 Å². The monoisotopic (exact) mass is 1050 g/mol. The SMILES string of the molecule is CC12CCCCC1(C)[Si](c1ccccc1)(c1ccccc1)c1ccc(-c3ccc4c(c3)C3(c5ccccc5-c5ccccc53)c3cc(-c5ccc6c(c5)C5(C)CCCCC5(C)[Si]6(c5ccccc5)c5ccccc5)ccc3-4)cc12. The molecule has 79 heavy (non-hydrogen) atoms. The summed E-state index contributed by atoms with van der Waals surface area (Å²) in [5, 5.41) is 9.67. The number of hydrogen-bond acceptors (Lipinski definition) is 0. The molecule has 2 aliphatic heterocycles. The summed E-state index contributed by atoms with van der Waals surface area (Å²) in [4.78, 5) is 0. The van der Waals surface area contributed by atoms with E-state index >= 15 is 0 Å². The van der Waals surface area contributed by atoms with Crippen LogP contribution in [0.3, 0.4) is 0 Å². The van der Waals surface area contributed by atoms with E-state index in [2.05, 4.69) is 270 Å². The topological polar surface area (TPSA) is 0 Å². The van der Waals surface area contributed by atoms with Gasteiger partial charge in [-0.3, -0.25) is 0 Å². The van der Waals surface area contributed by atoms with Gasteiger partial charge in [-0.1, -0.05) is 284 Å². The lowest BCUT2D eigenvalue weighted by atomic mass is 9.64. The molecule has 4 atom stereocenters. The van der Waals surface area contributed by atoms with Gasteiger partial charge in [0.1, 0.15) is 0 Å². The van der Waals surface area contributed by atoms with Crippen molar-refractivity contribution in [3.05, 3.63) is 276 Å². The van der Waals surface area contributed by atoms with E-state index in [0.717, 1.165) is 0 Å². The second kappa shape index (κ2) is 16.8. The molecule has 0 amide bonds. The highest BCUT2D eigenvalue weighted by Gasteiger charge is 2.70. The average Bonchev–Trinajstić information content (AvgIpc) is 2.21. The van der Waals surface area contributed by atoms with Gasteiger partial charge in [0.15, 0.2) is 16.1 Å². The molecule has 2 fully saturated rings. The first kappa shape index (κ1) is 47.6. The summed E-state index contributed by atoms with van der Waals surface area (Å²) in [6, 6.07) is 96.5. The van der Waals surface area contributed by atoms with Crippen LogP contribution in [0.25, 0.3) is 44.5 Å². The fourth-order valence-electron chi connectivity index (χ4n) is 19.2. The van der Waals surface area contributed by atoms with Crippen LogP contribution >= 0.6 is 0 Å². The quantitative estimate of drug-likeness (QED) is 0.146. The summed E-state index contributed by atoms with van der Waals surface area (Å²) < 4.78 is 0. The third-order valence-electron chi connectivity index (χ3n) is 22.9. The standard InChI is InChI=1S/C77H68Si2/c1-73-45-21-23-47-75(73,3)78(57-25-9-5-10-26-57,58-27-11-6-12-28-58)71-43-39-55(51-69(71)73)53-37-41-63-64-42-38-54(50-68(64)77(67(63)49-53)65-35-19-17-33-61(65)62-34-18-20-36-66(62)77)56-40-44-72-70(52-56)74(2)46-22-24-48-76(74,4)79(72,59-29-13-7-14-30-59)60-31-15-8-16-32-60/h5-20,25-44,49-52H,21-24,45-48H2,1-4H3. The summed E-state index contributed by atoms with van der Waals surface area (Å²) in [5.74, 6) is 0. The second-order valence-electron chi connectivity index (χ2n) is 25.6. The first-order chi connectivity index (χ1) is 38.6. The molecule has 16 rings (SSSR count). The highest BCUT2D eigenvalue weighted by atomic mass is 28.3. The molecule has 6 aliphatic rings. The largest absolute Gasteiger partial charge is 0.155 e. The van der Waals surface area contributed by atoms with Crippen LogP contribution in [-0.4, -0.2) is 16.1 Å². The third-order valence-corrected chi connectivity index (χ3v) is 35.1. The van der Waals surface area contributed by atoms with Gasteiger partial charge < -0.3 is 0 Å². The predicted octanol–water partition coefficient (Wildman–Crippen LogP) is 15.5. The van der Waals surface area contributed by atoms with Crippen LogP contribution in [0.5, 0.6) is 0 Å². The van der Waals surface area contributed by atoms with Crippen molar-refractivity contribution in [2.75, 3.05) is 0 Å². The molecule has 1 spiro atoms. The van der Waals surface area contributed by atoms with Crippen LogP contribution in [0.4, 0.5) is 0 Å². The second-order valence-corrected chi connectivity index (χ2v) is 34.2. The Bertz CT molecular complexity index is 3760. The highest BCUT2D eigenvalue weighted by Crippen LogP contribution is 2.68. The Morgan fingerprint density at radius 2 is 0.557 bits per heavy atom. The first-order valence-corrected chi connectivity index (χ1v) is 33.7. The van der Waals surface area contributed by atoms with Gasteiger partial charge in [-0.05, 0) is 168 Å². The maximum atomic E-state index is 2.71. The summed E-state index contributed by atoms with van der Waals surface area (Å²) in [6.07, 6.45) is 10.1. The lowest BCUT2D eigenvalue weighted by Gasteiger charge is -2.54. The molecule has 4 unspecified atom stereocenters. The van der Waals surface area contributed by atoms with E-state index in [9.17, 15) is 0 Å². The first-order valence-electron chi connectivity index (χ1n) is 29.7. The van der Waals surface area contributed by atoms with Crippen LogP contribution in [0.1, 0.15) is 112 Å². The summed E-state index contributed by atoms with van der Waals surface area (Å²) in [6.45, 7) is 10.7. The Kier molecular flexibility index (Phi) is 10.1. The molecule has 2 heteroatoms. The average molecular weight is 1050 g/mol. The van der Waals surface area contributed by atoms with E-state index < -0.39 is 21.6 Å². The maximum absolute atomic E-state index is 2.71. The number of benzene rings is 10. The molecular weight excluding hydrogens is 981 g/mol. The van der Waals surface area contributed by atoms with Gasteiger partial charge in [0.05, 0.1) is 5.41 Å². The third kappa shape index (κ3) is 5.75. The molecule has 2 saturated carbocycles. The minimum atomic E-state index is -2.55. The Morgan fingerprint density at radius 3 is 0.924 bits per heavy atom. The summed E-state index contributed by atoms with van der Waals surface area (Å²) in [7, 11) is -5.09. The van der Waals surface area contributed by atoms with E-state index in [0.29, 0.717) is 0 Å². The minimum absolute atomic E-state index is 0.0414. The maximum Gasteiger partial charge on any atom is 0.155 e. The smallest absolute Gasteiger partial charge is 0.0624 e. The van der Waals surface area contributed by atoms with Crippen LogP contribution in [0.15, 0.2) is 243 Å². The molecule has 10 aromatic rings. The molecule has 2 heterocycles. The summed E-state index contributed by atoms with van der Waals surface area (Å²) in [5.41, 5.74) is 19.1. The fourth-order valence-corrected chi connectivity index (χ4v) is 33.0. The zero-order chi connectivity index (χ0) is 53.0. The molecule has 0 nitrogen and oxygen atoms in total. The molecule has 384 valence electrons. The van der Waals surface area contributed by atoms with E-state index in [-0.39, 0.29) is 20.9 Å². The van der Waals surface area contributed by atoms with E-state index in [1.54, 1.807) is 42.2 Å². The van der Waals surface area contributed by atoms with Crippen LogP contribution in [0, 0.1) is 0 Å². The minimum Gasteiger partial charge on any atom is -0.0624 e. The van der Waals surface area contributed by atoms with Gasteiger partial charge in [0.25, 0.3) is 0 Å². The molecule has 4 aliphatic carbocycles. The Morgan fingerprint density at radius 1 is 0.266 bits per heavy atom. The number of rotatable bonds is 6. The lowest BCUT2D eigenvalue weighted by molar-refractivity contribution is 0.241. The van der Waals surface area contributed by atoms with E-state index in [1.807, 2.05) is 0 Å². The van der Waals surface area contributed by atoms with Gasteiger partial charge in [-0.25, -0.2) is 0 Å². The molecular formula is C77H68Si2. The normalized spacial score (nSPS) is 24.6. The van der Waals surface area contributed by atoms with Crippen molar-refractivity contribution in [2.45, 2.75) is 105 Å². The molecule has 0 saturated heterocycles. The van der Waals surface area contributed by atoms with Crippen LogP contribution in [-0.2, 0) is 16.2 Å². The van der Waals surface area contributed by atoms with Gasteiger partial charge in [0, 0.05) is 0 Å². The van der Waals surface area contributed by atoms with Gasteiger partial charge in [-0.2, -0.15) is 0 Å². The number of fused-ring (bicyclic) bond motifs is 16. The van der Waals surface area contributed by atoms with Crippen molar-refractivity contribution in [2.24, 2.45) is 0 Å². The van der Waals surface area contributed by atoms with Crippen molar-refractivity contribution in [3.8, 4) is 44.5 Å².